The molecule has 0 radical (unpaired) electrons. The van der Waals surface area contributed by atoms with Crippen molar-refractivity contribution in [3.05, 3.63) is 33.9 Å². The first-order chi connectivity index (χ1) is 16.3. The van der Waals surface area contributed by atoms with Crippen LogP contribution in [0.3, 0.4) is 0 Å². The molecule has 1 heterocycles. The van der Waals surface area contributed by atoms with Crippen molar-refractivity contribution in [2.75, 3.05) is 19.6 Å². The van der Waals surface area contributed by atoms with Crippen molar-refractivity contribution in [3.63, 3.8) is 0 Å². The number of piperidine rings is 1. The number of allylic oxidation sites excluding steroid dienone is 3. The van der Waals surface area contributed by atoms with Gasteiger partial charge in [0.05, 0.1) is 11.6 Å². The van der Waals surface area contributed by atoms with Crippen molar-refractivity contribution in [2.24, 2.45) is 17.3 Å². The summed E-state index contributed by atoms with van der Waals surface area (Å²) in [7, 11) is 0. The molecule has 2 unspecified atom stereocenters. The van der Waals surface area contributed by atoms with Gasteiger partial charge in [0, 0.05) is 54.5 Å². The Hall–Kier alpha value is -1.34. The molecule has 196 valence electrons. The molecule has 3 aliphatic rings. The third kappa shape index (κ3) is 6.71. The molecule has 0 aromatic heterocycles. The number of hydrogen-bond acceptors (Lipinski definition) is 4. The zero-order valence-corrected chi connectivity index (χ0v) is 23.2. The number of likely N-dealkylation sites (tertiary alicyclic amines) is 1. The average Bonchev–Trinajstić information content (AvgIpc) is 2.75. The quantitative estimate of drug-likeness (QED) is 0.457. The highest BCUT2D eigenvalue weighted by Crippen LogP contribution is 2.46. The van der Waals surface area contributed by atoms with Gasteiger partial charge in [-0.3, -0.25) is 9.59 Å². The van der Waals surface area contributed by atoms with Gasteiger partial charge in [-0.25, -0.2) is 0 Å². The molecule has 0 bridgehead atoms. The Balaban J connectivity index is 1.66. The van der Waals surface area contributed by atoms with Crippen molar-refractivity contribution < 1.29 is 14.7 Å². The number of carbonyl (C=O) groups is 2. The molecule has 8 heteroatoms. The zero-order valence-electron chi connectivity index (χ0n) is 21.7. The van der Waals surface area contributed by atoms with Crippen molar-refractivity contribution in [1.29, 1.82) is 0 Å². The molecule has 0 aromatic rings. The highest BCUT2D eigenvalue weighted by molar-refractivity contribution is 6.30. The highest BCUT2D eigenvalue weighted by atomic mass is 35.5. The molecule has 0 saturated carbocycles. The maximum absolute atomic E-state index is 13.6. The average molecular weight is 527 g/mol. The van der Waals surface area contributed by atoms with Crippen molar-refractivity contribution >= 4 is 35.0 Å². The number of nitrogens with one attached hydrogen (secondary N) is 2. The van der Waals surface area contributed by atoms with E-state index in [9.17, 15) is 14.7 Å². The summed E-state index contributed by atoms with van der Waals surface area (Å²) >= 11 is 12.5. The maximum Gasteiger partial charge on any atom is 0.239 e. The van der Waals surface area contributed by atoms with E-state index >= 15 is 0 Å². The lowest BCUT2D eigenvalue weighted by Crippen LogP contribution is -2.62. The van der Waals surface area contributed by atoms with Gasteiger partial charge < -0.3 is 20.6 Å². The second-order valence-corrected chi connectivity index (χ2v) is 12.4. The fourth-order valence-electron chi connectivity index (χ4n) is 5.76. The molecule has 0 spiro atoms. The summed E-state index contributed by atoms with van der Waals surface area (Å²) < 4.78 is 0. The molecule has 3 N–H and O–H groups in total. The second-order valence-electron chi connectivity index (χ2n) is 11.4. The standard InChI is InChI=1S/C27H41Cl2N3O3/c1-17(2)24(30-15-19-12-22(29)14-23(13-19)31-18(3)33)25(34)32-11-10-27(35,26(4,5)16-32)20-6-8-21(28)9-7-20/h6,8,12,17,19,23-24,30,35H,7,9-11,13-16H2,1-5H3,(H,31,33)/t19?,23?,24-,27+/m1/s1. The minimum atomic E-state index is -0.957. The number of halogens is 2. The summed E-state index contributed by atoms with van der Waals surface area (Å²) in [5, 5.41) is 19.7. The first-order valence-electron chi connectivity index (χ1n) is 12.8. The zero-order chi connectivity index (χ0) is 26.0. The van der Waals surface area contributed by atoms with Gasteiger partial charge in [0.25, 0.3) is 0 Å². The summed E-state index contributed by atoms with van der Waals surface area (Å²) in [6.45, 7) is 11.3. The maximum atomic E-state index is 13.6. The Morgan fingerprint density at radius 2 is 1.91 bits per heavy atom. The molecule has 35 heavy (non-hydrogen) atoms. The summed E-state index contributed by atoms with van der Waals surface area (Å²) in [6.07, 6.45) is 9.32. The van der Waals surface area contributed by atoms with E-state index in [0.717, 1.165) is 34.9 Å². The minimum absolute atomic E-state index is 0.0180. The summed E-state index contributed by atoms with van der Waals surface area (Å²) in [4.78, 5) is 27.0. The molecule has 3 rings (SSSR count). The lowest BCUT2D eigenvalue weighted by molar-refractivity contribution is -0.148. The first kappa shape index (κ1) is 28.2. The van der Waals surface area contributed by atoms with E-state index in [0.29, 0.717) is 32.5 Å². The van der Waals surface area contributed by atoms with E-state index < -0.39 is 11.0 Å². The van der Waals surface area contributed by atoms with Crippen molar-refractivity contribution in [3.8, 4) is 0 Å². The smallest absolute Gasteiger partial charge is 0.239 e. The van der Waals surface area contributed by atoms with Gasteiger partial charge in [0.15, 0.2) is 0 Å². The Morgan fingerprint density at radius 3 is 2.49 bits per heavy atom. The number of hydrogen-bond donors (Lipinski definition) is 3. The van der Waals surface area contributed by atoms with Crippen LogP contribution >= 0.6 is 23.2 Å². The van der Waals surface area contributed by atoms with Gasteiger partial charge in [0.2, 0.25) is 11.8 Å². The van der Waals surface area contributed by atoms with Crippen LogP contribution < -0.4 is 10.6 Å². The summed E-state index contributed by atoms with van der Waals surface area (Å²) in [5.41, 5.74) is -0.440. The van der Waals surface area contributed by atoms with E-state index in [2.05, 4.69) is 10.6 Å². The fourth-order valence-corrected chi connectivity index (χ4v) is 6.28. The molecular formula is C27H41Cl2N3O3. The van der Waals surface area contributed by atoms with Gasteiger partial charge >= 0.3 is 0 Å². The molecule has 2 aliphatic carbocycles. The molecule has 1 fully saturated rings. The number of amides is 2. The molecule has 1 saturated heterocycles. The first-order valence-corrected chi connectivity index (χ1v) is 13.5. The van der Waals surface area contributed by atoms with Gasteiger partial charge in [-0.05, 0) is 49.2 Å². The van der Waals surface area contributed by atoms with Gasteiger partial charge in [-0.15, -0.1) is 0 Å². The Labute approximate surface area is 220 Å². The SMILES string of the molecule is CC(=O)NC1CC(Cl)=CC(CN[C@@H](C(=O)N2CC[C@](O)(C3=CC=C(Cl)CC3)C(C)(C)C2)C(C)C)C1. The van der Waals surface area contributed by atoms with Crippen LogP contribution in [0.1, 0.15) is 66.7 Å². The van der Waals surface area contributed by atoms with Crippen LogP contribution in [0.2, 0.25) is 0 Å². The van der Waals surface area contributed by atoms with Crippen molar-refractivity contribution in [2.45, 2.75) is 84.4 Å². The molecule has 4 atom stereocenters. The second kappa shape index (κ2) is 11.4. The lowest BCUT2D eigenvalue weighted by Gasteiger charge is -2.52. The lowest BCUT2D eigenvalue weighted by atomic mass is 9.64. The molecule has 0 aromatic carbocycles. The van der Waals surface area contributed by atoms with Crippen LogP contribution in [0.5, 0.6) is 0 Å². The summed E-state index contributed by atoms with van der Waals surface area (Å²) in [5.74, 6) is 0.260. The Kier molecular flexibility index (Phi) is 9.17. The number of rotatable bonds is 7. The number of nitrogens with zero attached hydrogens (tertiary/aromatic N) is 1. The Morgan fingerprint density at radius 1 is 1.20 bits per heavy atom. The Bertz CT molecular complexity index is 911. The normalized spacial score (nSPS) is 29.7. The third-order valence-electron chi connectivity index (χ3n) is 7.78. The van der Waals surface area contributed by atoms with Crippen LogP contribution in [0.4, 0.5) is 0 Å². The molecular weight excluding hydrogens is 485 g/mol. The van der Waals surface area contributed by atoms with E-state index in [-0.39, 0.29) is 35.7 Å². The van der Waals surface area contributed by atoms with Gasteiger partial charge in [-0.2, -0.15) is 0 Å². The predicted molar refractivity (Wildman–Crippen MR) is 142 cm³/mol. The van der Waals surface area contributed by atoms with Crippen LogP contribution in [0, 0.1) is 17.3 Å². The van der Waals surface area contributed by atoms with Crippen LogP contribution in [0.25, 0.3) is 0 Å². The third-order valence-corrected chi connectivity index (χ3v) is 8.37. The number of aliphatic hydroxyl groups is 1. The van der Waals surface area contributed by atoms with E-state index in [4.69, 9.17) is 23.2 Å². The van der Waals surface area contributed by atoms with Crippen molar-refractivity contribution in [1.82, 2.24) is 15.5 Å². The predicted octanol–water partition coefficient (Wildman–Crippen LogP) is 4.47. The van der Waals surface area contributed by atoms with Crippen LogP contribution in [-0.2, 0) is 9.59 Å². The largest absolute Gasteiger partial charge is 0.385 e. The molecule has 2 amide bonds. The van der Waals surface area contributed by atoms with Crippen LogP contribution in [0.15, 0.2) is 33.9 Å². The van der Waals surface area contributed by atoms with E-state index in [1.165, 1.54) is 6.92 Å². The topological polar surface area (TPSA) is 81.7 Å². The molecule has 6 nitrogen and oxygen atoms in total. The van der Waals surface area contributed by atoms with Crippen LogP contribution in [-0.4, -0.2) is 59.1 Å². The van der Waals surface area contributed by atoms with E-state index in [1.807, 2.05) is 50.8 Å². The monoisotopic (exact) mass is 525 g/mol. The van der Waals surface area contributed by atoms with Gasteiger partial charge in [-0.1, -0.05) is 63.0 Å². The fraction of sp³-hybridized carbons (Fsp3) is 0.704. The molecule has 1 aliphatic heterocycles. The number of carbonyl (C=O) groups excluding carboxylic acids is 2. The highest BCUT2D eigenvalue weighted by Gasteiger charge is 2.51. The summed E-state index contributed by atoms with van der Waals surface area (Å²) in [6, 6.07) is -0.315. The minimum Gasteiger partial charge on any atom is -0.385 e. The van der Waals surface area contributed by atoms with Gasteiger partial charge in [0.1, 0.15) is 0 Å². The van der Waals surface area contributed by atoms with E-state index in [1.54, 1.807) is 0 Å².